The van der Waals surface area contributed by atoms with Crippen molar-refractivity contribution in [2.24, 2.45) is 0 Å². The molecular weight excluding hydrogens is 443 g/mol. The molecule has 0 saturated carbocycles. The van der Waals surface area contributed by atoms with Gasteiger partial charge in [-0.05, 0) is 85.6 Å². The molecule has 1 aliphatic rings. The molecule has 0 amide bonds. The quantitative estimate of drug-likeness (QED) is 0.311. The van der Waals surface area contributed by atoms with Crippen molar-refractivity contribution in [1.82, 2.24) is 10.1 Å². The minimum absolute atomic E-state index is 0.292. The third kappa shape index (κ3) is 4.49. The average molecular weight is 467 g/mol. The number of halogens is 2. The van der Waals surface area contributed by atoms with Crippen LogP contribution in [-0.4, -0.2) is 30.2 Å². The predicted molar refractivity (Wildman–Crippen MR) is 130 cm³/mol. The van der Waals surface area contributed by atoms with Gasteiger partial charge in [0.2, 0.25) is 0 Å². The van der Waals surface area contributed by atoms with Crippen molar-refractivity contribution >= 4 is 34.0 Å². The van der Waals surface area contributed by atoms with Crippen LogP contribution in [0.5, 0.6) is 5.75 Å². The molecule has 0 spiro atoms. The third-order valence-electron chi connectivity index (χ3n) is 6.19. The molecule has 1 aliphatic heterocycles. The van der Waals surface area contributed by atoms with Crippen LogP contribution in [0.2, 0.25) is 10.0 Å². The van der Waals surface area contributed by atoms with Crippen molar-refractivity contribution in [3.8, 4) is 17.0 Å². The molecule has 0 bridgehead atoms. The highest BCUT2D eigenvalue weighted by Crippen LogP contribution is 2.35. The Morgan fingerprint density at radius 1 is 1.03 bits per heavy atom. The summed E-state index contributed by atoms with van der Waals surface area (Å²) in [4.78, 5) is 2.40. The molecule has 32 heavy (non-hydrogen) atoms. The minimum Gasteiger partial charge on any atom is -0.486 e. The molecule has 1 aromatic heterocycles. The monoisotopic (exact) mass is 466 g/mol. The van der Waals surface area contributed by atoms with Gasteiger partial charge in [0.25, 0.3) is 0 Å². The smallest absolute Gasteiger partial charge is 0.174 e. The van der Waals surface area contributed by atoms with Gasteiger partial charge in [-0.1, -0.05) is 52.6 Å². The topological polar surface area (TPSA) is 38.5 Å². The van der Waals surface area contributed by atoms with Crippen molar-refractivity contribution in [3.05, 3.63) is 82.0 Å². The number of rotatable bonds is 5. The molecule has 0 aliphatic carbocycles. The number of hydrogen-bond acceptors (Lipinski definition) is 4. The molecule has 4 nitrogen and oxygen atoms in total. The number of hydrogen-bond donors (Lipinski definition) is 0. The Morgan fingerprint density at radius 2 is 1.88 bits per heavy atom. The van der Waals surface area contributed by atoms with Crippen LogP contribution in [0.4, 0.5) is 0 Å². The first-order valence-corrected chi connectivity index (χ1v) is 11.6. The van der Waals surface area contributed by atoms with Gasteiger partial charge in [0.1, 0.15) is 18.1 Å². The van der Waals surface area contributed by atoms with E-state index < -0.39 is 0 Å². The summed E-state index contributed by atoms with van der Waals surface area (Å²) in [6.45, 7) is 2.57. The fraction of sp³-hybridized carbons (Fsp3) is 0.269. The fourth-order valence-electron chi connectivity index (χ4n) is 4.40. The van der Waals surface area contributed by atoms with E-state index in [2.05, 4.69) is 47.4 Å². The minimum atomic E-state index is 0.292. The van der Waals surface area contributed by atoms with Crippen LogP contribution in [0, 0.1) is 0 Å². The molecule has 1 fully saturated rings. The van der Waals surface area contributed by atoms with Gasteiger partial charge < -0.3 is 14.2 Å². The first kappa shape index (κ1) is 21.3. The number of benzene rings is 3. The summed E-state index contributed by atoms with van der Waals surface area (Å²) >= 11 is 12.3. The number of aromatic nitrogens is 1. The van der Waals surface area contributed by atoms with Crippen LogP contribution in [0.15, 0.2) is 65.2 Å². The van der Waals surface area contributed by atoms with Crippen molar-refractivity contribution < 1.29 is 9.26 Å². The molecule has 3 aromatic carbocycles. The summed E-state index contributed by atoms with van der Waals surface area (Å²) in [5, 5.41) is 7.77. The average Bonchev–Trinajstić information content (AvgIpc) is 3.26. The number of likely N-dealkylation sites (tertiary alicyclic amines) is 1. The molecule has 0 N–H and O–H groups in total. The predicted octanol–water partition coefficient (Wildman–Crippen LogP) is 7.19. The van der Waals surface area contributed by atoms with Gasteiger partial charge in [-0.25, -0.2) is 0 Å². The summed E-state index contributed by atoms with van der Waals surface area (Å²) in [6, 6.07) is 20.0. The number of ether oxygens (including phenoxy) is 1. The standard InChI is InChI=1S/C26H24Cl2N2O2/c1-30-11-9-18(10-12-30)22-4-2-3-17-5-7-20(14-24(17)22)31-16-21-15-26(29-32-21)23-8-6-19(27)13-25(23)28/h2-8,13-15,18H,9-12,16H2,1H3. The maximum atomic E-state index is 6.29. The van der Waals surface area contributed by atoms with Crippen molar-refractivity contribution in [2.75, 3.05) is 20.1 Å². The third-order valence-corrected chi connectivity index (χ3v) is 6.74. The Labute approximate surface area is 197 Å². The highest BCUT2D eigenvalue weighted by Gasteiger charge is 2.20. The summed E-state index contributed by atoms with van der Waals surface area (Å²) in [5.74, 6) is 2.04. The molecule has 0 atom stereocenters. The number of piperidine rings is 1. The Bertz CT molecular complexity index is 1250. The van der Waals surface area contributed by atoms with Gasteiger partial charge in [0.05, 0.1) is 5.02 Å². The van der Waals surface area contributed by atoms with Gasteiger partial charge in [-0.2, -0.15) is 0 Å². The van der Waals surface area contributed by atoms with Crippen molar-refractivity contribution in [3.63, 3.8) is 0 Å². The lowest BCUT2D eigenvalue weighted by molar-refractivity contribution is 0.249. The maximum Gasteiger partial charge on any atom is 0.174 e. The highest BCUT2D eigenvalue weighted by molar-refractivity contribution is 6.36. The summed E-state index contributed by atoms with van der Waals surface area (Å²) in [6.07, 6.45) is 2.38. The molecular formula is C26H24Cl2N2O2. The van der Waals surface area contributed by atoms with E-state index in [4.69, 9.17) is 32.5 Å². The van der Waals surface area contributed by atoms with Crippen LogP contribution in [-0.2, 0) is 6.61 Å². The van der Waals surface area contributed by atoms with Gasteiger partial charge >= 0.3 is 0 Å². The second-order valence-electron chi connectivity index (χ2n) is 8.40. The van der Waals surface area contributed by atoms with Crippen LogP contribution in [0.25, 0.3) is 22.0 Å². The van der Waals surface area contributed by atoms with Crippen LogP contribution < -0.4 is 4.74 Å². The summed E-state index contributed by atoms with van der Waals surface area (Å²) in [7, 11) is 2.20. The Kier molecular flexibility index (Phi) is 6.09. The Balaban J connectivity index is 1.34. The van der Waals surface area contributed by atoms with Crippen molar-refractivity contribution in [2.45, 2.75) is 25.4 Å². The zero-order valence-corrected chi connectivity index (χ0v) is 19.4. The zero-order valence-electron chi connectivity index (χ0n) is 17.9. The molecule has 0 unspecified atom stereocenters. The maximum absolute atomic E-state index is 6.29. The molecule has 5 rings (SSSR count). The highest BCUT2D eigenvalue weighted by atomic mass is 35.5. The van der Waals surface area contributed by atoms with Crippen LogP contribution >= 0.6 is 23.2 Å². The lowest BCUT2D eigenvalue weighted by Crippen LogP contribution is -2.29. The number of nitrogens with zero attached hydrogens (tertiary/aromatic N) is 2. The molecule has 164 valence electrons. The SMILES string of the molecule is CN1CCC(c2cccc3ccc(OCc4cc(-c5ccc(Cl)cc5Cl)no4)cc23)CC1. The first-order chi connectivity index (χ1) is 15.6. The largest absolute Gasteiger partial charge is 0.486 e. The molecule has 1 saturated heterocycles. The van der Waals surface area contributed by atoms with E-state index >= 15 is 0 Å². The van der Waals surface area contributed by atoms with E-state index in [9.17, 15) is 0 Å². The zero-order chi connectivity index (χ0) is 22.1. The lowest BCUT2D eigenvalue weighted by Gasteiger charge is -2.30. The second-order valence-corrected chi connectivity index (χ2v) is 9.24. The van der Waals surface area contributed by atoms with E-state index in [0.29, 0.717) is 34.0 Å². The Morgan fingerprint density at radius 3 is 2.69 bits per heavy atom. The van der Waals surface area contributed by atoms with E-state index in [1.807, 2.05) is 18.2 Å². The van der Waals surface area contributed by atoms with E-state index in [0.717, 1.165) is 24.4 Å². The van der Waals surface area contributed by atoms with E-state index in [1.54, 1.807) is 12.1 Å². The van der Waals surface area contributed by atoms with E-state index in [-0.39, 0.29) is 0 Å². The number of fused-ring (bicyclic) bond motifs is 1. The first-order valence-electron chi connectivity index (χ1n) is 10.8. The van der Waals surface area contributed by atoms with Gasteiger partial charge in [0, 0.05) is 16.7 Å². The molecule has 4 aromatic rings. The van der Waals surface area contributed by atoms with Gasteiger partial charge in [-0.15, -0.1) is 0 Å². The van der Waals surface area contributed by atoms with E-state index in [1.165, 1.54) is 29.2 Å². The second kappa shape index (κ2) is 9.14. The molecule has 6 heteroatoms. The normalized spacial score (nSPS) is 15.3. The van der Waals surface area contributed by atoms with Crippen LogP contribution in [0.3, 0.4) is 0 Å². The van der Waals surface area contributed by atoms with Gasteiger partial charge in [0.15, 0.2) is 5.76 Å². The van der Waals surface area contributed by atoms with Crippen LogP contribution in [0.1, 0.15) is 30.1 Å². The fourth-order valence-corrected chi connectivity index (χ4v) is 4.91. The van der Waals surface area contributed by atoms with Gasteiger partial charge in [-0.3, -0.25) is 0 Å². The van der Waals surface area contributed by atoms with Crippen molar-refractivity contribution in [1.29, 1.82) is 0 Å². The Hall–Kier alpha value is -2.53. The lowest BCUT2D eigenvalue weighted by atomic mass is 9.86. The molecule has 0 radical (unpaired) electrons. The summed E-state index contributed by atoms with van der Waals surface area (Å²) < 4.78 is 11.5. The molecule has 2 heterocycles. The summed E-state index contributed by atoms with van der Waals surface area (Å²) in [5.41, 5.74) is 2.85.